The molecule has 32 heavy (non-hydrogen) atoms. The van der Waals surface area contributed by atoms with Crippen molar-refractivity contribution >= 4 is 28.8 Å². The molecular formula is C25H32N4O3. The minimum absolute atomic E-state index is 0.0249. The van der Waals surface area contributed by atoms with E-state index in [-0.39, 0.29) is 23.5 Å². The molecule has 0 spiro atoms. The van der Waals surface area contributed by atoms with E-state index >= 15 is 0 Å². The van der Waals surface area contributed by atoms with Crippen LogP contribution in [0, 0.1) is 5.92 Å². The predicted octanol–water partition coefficient (Wildman–Crippen LogP) is 4.10. The molecular weight excluding hydrogens is 404 g/mol. The lowest BCUT2D eigenvalue weighted by Crippen LogP contribution is -2.61. The Kier molecular flexibility index (Phi) is 5.55. The zero-order valence-corrected chi connectivity index (χ0v) is 19.1. The van der Waals surface area contributed by atoms with Gasteiger partial charge in [0.1, 0.15) is 5.82 Å². The first kappa shape index (κ1) is 21.2. The standard InChI is InChI=1S/C25H32N4O3/c1-25(32-3)15-28(16-25)19-8-11-21-22(13-19)29(14-18-5-4-12-26-23(18)27-21)24(30)17-6-9-20(31-2)10-7-17/h4-5,8,11-13,17,20H,6-7,9-10,14-16H2,1-3H3,(H,26,27)/t17-,20-. The van der Waals surface area contributed by atoms with Crippen molar-refractivity contribution in [3.63, 3.8) is 0 Å². The number of anilines is 4. The number of amides is 1. The van der Waals surface area contributed by atoms with Crippen molar-refractivity contribution in [2.75, 3.05) is 42.4 Å². The number of methoxy groups -OCH3 is 2. The summed E-state index contributed by atoms with van der Waals surface area (Å²) in [7, 11) is 3.53. The maximum absolute atomic E-state index is 13.8. The lowest BCUT2D eigenvalue weighted by atomic mass is 9.86. The molecule has 0 atom stereocenters. The van der Waals surface area contributed by atoms with Gasteiger partial charge in [0.25, 0.3) is 0 Å². The third kappa shape index (κ3) is 3.84. The van der Waals surface area contributed by atoms with Crippen LogP contribution < -0.4 is 15.1 Å². The summed E-state index contributed by atoms with van der Waals surface area (Å²) < 4.78 is 11.1. The fourth-order valence-corrected chi connectivity index (χ4v) is 5.14. The predicted molar refractivity (Wildman–Crippen MR) is 126 cm³/mol. The minimum atomic E-state index is -0.110. The first-order valence-electron chi connectivity index (χ1n) is 11.5. The van der Waals surface area contributed by atoms with Crippen molar-refractivity contribution in [2.24, 2.45) is 5.92 Å². The van der Waals surface area contributed by atoms with Crippen molar-refractivity contribution in [1.82, 2.24) is 4.98 Å². The average Bonchev–Trinajstić information content (AvgIpc) is 2.98. The van der Waals surface area contributed by atoms with Crippen molar-refractivity contribution in [3.8, 4) is 0 Å². The van der Waals surface area contributed by atoms with Gasteiger partial charge in [-0.3, -0.25) is 4.79 Å². The Bertz CT molecular complexity index is 996. The Hall–Kier alpha value is -2.64. The van der Waals surface area contributed by atoms with Crippen LogP contribution in [0.2, 0.25) is 0 Å². The monoisotopic (exact) mass is 436 g/mol. The molecule has 3 aliphatic rings. The second-order valence-corrected chi connectivity index (χ2v) is 9.48. The molecule has 2 aliphatic heterocycles. The lowest BCUT2D eigenvalue weighted by molar-refractivity contribution is -0.124. The van der Waals surface area contributed by atoms with Crippen molar-refractivity contribution < 1.29 is 14.3 Å². The van der Waals surface area contributed by atoms with Crippen molar-refractivity contribution in [1.29, 1.82) is 0 Å². The third-order valence-electron chi connectivity index (χ3n) is 7.28. The van der Waals surface area contributed by atoms with Crippen LogP contribution in [0.25, 0.3) is 0 Å². The largest absolute Gasteiger partial charge is 0.381 e. The lowest BCUT2D eigenvalue weighted by Gasteiger charge is -2.48. The molecule has 1 amide bonds. The number of hydrogen-bond donors (Lipinski definition) is 1. The number of carbonyl (C=O) groups is 1. The van der Waals surface area contributed by atoms with E-state index in [1.54, 1.807) is 20.4 Å². The van der Waals surface area contributed by atoms with Gasteiger partial charge in [-0.05, 0) is 56.9 Å². The normalized spacial score (nSPS) is 24.0. The highest BCUT2D eigenvalue weighted by atomic mass is 16.5. The number of fused-ring (bicyclic) bond motifs is 2. The molecule has 0 bridgehead atoms. The quantitative estimate of drug-likeness (QED) is 0.778. The fraction of sp³-hybridized carbons (Fsp3) is 0.520. The molecule has 1 saturated carbocycles. The summed E-state index contributed by atoms with van der Waals surface area (Å²) in [5.74, 6) is 1.04. The molecule has 1 aromatic heterocycles. The van der Waals surface area contributed by atoms with E-state index in [0.29, 0.717) is 6.54 Å². The van der Waals surface area contributed by atoms with E-state index in [2.05, 4.69) is 40.3 Å². The van der Waals surface area contributed by atoms with Crippen LogP contribution in [0.15, 0.2) is 36.5 Å². The summed E-state index contributed by atoms with van der Waals surface area (Å²) in [6.45, 7) is 4.33. The molecule has 170 valence electrons. The maximum Gasteiger partial charge on any atom is 0.230 e. The number of carbonyl (C=O) groups excluding carboxylic acids is 1. The molecule has 3 heterocycles. The number of aromatic nitrogens is 1. The van der Waals surface area contributed by atoms with Gasteiger partial charge < -0.3 is 24.6 Å². The Balaban J connectivity index is 1.47. The molecule has 1 N–H and O–H groups in total. The molecule has 7 nitrogen and oxygen atoms in total. The number of nitrogens with one attached hydrogen (secondary N) is 1. The molecule has 5 rings (SSSR count). The van der Waals surface area contributed by atoms with Crippen LogP contribution in [0.1, 0.15) is 38.2 Å². The molecule has 0 unspecified atom stereocenters. The zero-order valence-electron chi connectivity index (χ0n) is 19.1. The second-order valence-electron chi connectivity index (χ2n) is 9.48. The highest BCUT2D eigenvalue weighted by Crippen LogP contribution is 2.41. The number of nitrogens with zero attached hydrogens (tertiary/aromatic N) is 3. The van der Waals surface area contributed by atoms with Gasteiger partial charge in [0.2, 0.25) is 5.91 Å². The number of benzene rings is 1. The van der Waals surface area contributed by atoms with Crippen molar-refractivity contribution in [3.05, 3.63) is 42.1 Å². The van der Waals surface area contributed by atoms with E-state index in [9.17, 15) is 4.79 Å². The van der Waals surface area contributed by atoms with Gasteiger partial charge in [0.05, 0.1) is 29.6 Å². The first-order chi connectivity index (χ1) is 15.5. The topological polar surface area (TPSA) is 66.9 Å². The molecule has 1 aliphatic carbocycles. The highest BCUT2D eigenvalue weighted by molar-refractivity contribution is 6.00. The summed E-state index contributed by atoms with van der Waals surface area (Å²) in [4.78, 5) is 22.6. The molecule has 7 heteroatoms. The van der Waals surface area contributed by atoms with Gasteiger partial charge in [-0.1, -0.05) is 6.07 Å². The Morgan fingerprint density at radius 2 is 1.94 bits per heavy atom. The SMILES string of the molecule is COC1(C)CN(c2ccc3c(c2)N(C(=O)[C@H]2CC[C@H](OC)CC2)Cc2cccnc2N3)C1. The van der Waals surface area contributed by atoms with Crippen LogP contribution in [0.5, 0.6) is 0 Å². The molecule has 2 fully saturated rings. The van der Waals surface area contributed by atoms with Gasteiger partial charge in [-0.15, -0.1) is 0 Å². The van der Waals surface area contributed by atoms with Gasteiger partial charge >= 0.3 is 0 Å². The van der Waals surface area contributed by atoms with Gasteiger partial charge in [-0.25, -0.2) is 4.98 Å². The molecule has 0 radical (unpaired) electrons. The highest BCUT2D eigenvalue weighted by Gasteiger charge is 2.40. The molecule has 1 saturated heterocycles. The third-order valence-corrected chi connectivity index (χ3v) is 7.28. The number of pyridine rings is 1. The van der Waals surface area contributed by atoms with Crippen LogP contribution in [-0.2, 0) is 20.8 Å². The summed E-state index contributed by atoms with van der Waals surface area (Å²) in [6, 6.07) is 10.3. The maximum atomic E-state index is 13.8. The summed E-state index contributed by atoms with van der Waals surface area (Å²) in [5, 5.41) is 3.47. The van der Waals surface area contributed by atoms with Crippen LogP contribution >= 0.6 is 0 Å². The van der Waals surface area contributed by atoms with Gasteiger partial charge in [0.15, 0.2) is 0 Å². The Morgan fingerprint density at radius 3 is 2.66 bits per heavy atom. The second kappa shape index (κ2) is 8.37. The summed E-state index contributed by atoms with van der Waals surface area (Å²) in [6.07, 6.45) is 5.67. The molecule has 2 aromatic rings. The van der Waals surface area contributed by atoms with Crippen LogP contribution in [0.3, 0.4) is 0 Å². The van der Waals surface area contributed by atoms with Crippen LogP contribution in [0.4, 0.5) is 22.9 Å². The minimum Gasteiger partial charge on any atom is -0.381 e. The number of hydrogen-bond acceptors (Lipinski definition) is 6. The first-order valence-corrected chi connectivity index (χ1v) is 11.5. The van der Waals surface area contributed by atoms with E-state index in [4.69, 9.17) is 9.47 Å². The smallest absolute Gasteiger partial charge is 0.230 e. The zero-order chi connectivity index (χ0) is 22.3. The van der Waals surface area contributed by atoms with E-state index in [1.165, 1.54) is 0 Å². The van der Waals surface area contributed by atoms with Gasteiger partial charge in [0, 0.05) is 50.7 Å². The summed E-state index contributed by atoms with van der Waals surface area (Å²) >= 11 is 0. The molecule has 1 aromatic carbocycles. The number of rotatable bonds is 4. The Morgan fingerprint density at radius 1 is 1.16 bits per heavy atom. The average molecular weight is 437 g/mol. The van der Waals surface area contributed by atoms with E-state index in [0.717, 1.165) is 67.2 Å². The van der Waals surface area contributed by atoms with E-state index < -0.39 is 0 Å². The van der Waals surface area contributed by atoms with Gasteiger partial charge in [-0.2, -0.15) is 0 Å². The van der Waals surface area contributed by atoms with E-state index in [1.807, 2.05) is 17.0 Å². The van der Waals surface area contributed by atoms with Crippen molar-refractivity contribution in [2.45, 2.75) is 50.9 Å². The van der Waals surface area contributed by atoms with Crippen LogP contribution in [-0.4, -0.2) is 49.9 Å². The fourth-order valence-electron chi connectivity index (χ4n) is 5.14. The Labute approximate surface area is 189 Å². The number of ether oxygens (including phenoxy) is 2. The summed E-state index contributed by atoms with van der Waals surface area (Å²) in [5.41, 5.74) is 3.87.